The molecule has 2 aliphatic carbocycles. The Morgan fingerprint density at radius 2 is 1.74 bits per heavy atom. The number of nitrogens with zero attached hydrogens (tertiary/aromatic N) is 1. The van der Waals surface area contributed by atoms with Gasteiger partial charge in [-0.3, -0.25) is 14.5 Å². The molecule has 6 nitrogen and oxygen atoms in total. The first-order valence-corrected chi connectivity index (χ1v) is 15.6. The molecule has 0 aromatic heterocycles. The zero-order valence-corrected chi connectivity index (χ0v) is 25.8. The van der Waals surface area contributed by atoms with Gasteiger partial charge in [0.05, 0.1) is 17.6 Å². The number of dihydropyridines is 1. The van der Waals surface area contributed by atoms with E-state index in [1.807, 2.05) is 18.2 Å². The van der Waals surface area contributed by atoms with Crippen molar-refractivity contribution in [3.8, 4) is 0 Å². The van der Waals surface area contributed by atoms with Crippen LogP contribution < -0.4 is 5.32 Å². The number of nitrogens with one attached hydrogen (secondary N) is 1. The molecule has 6 rings (SSSR count). The van der Waals surface area contributed by atoms with Crippen molar-refractivity contribution in [2.45, 2.75) is 70.3 Å². The van der Waals surface area contributed by atoms with Crippen LogP contribution in [-0.4, -0.2) is 41.8 Å². The van der Waals surface area contributed by atoms with Crippen molar-refractivity contribution in [3.63, 3.8) is 0 Å². The standard InChI is InChI=1S/C34H36BrFN2O4/c1-19-9-11-22(34(2,3)21-7-5-4-6-8-21)29(15-19)42-33(41)38-17-26-32(28(40)18-38)30(20-10-12-24(36)23(35)16-20)31-25(37-26)13-14-27(31)39/h4-8,10,12,16,19,22,29-30,37H,9,11,13-15,17-18H2,1-3H3/t19?,22?,29?,30-/m1/s1. The van der Waals surface area contributed by atoms with E-state index in [4.69, 9.17) is 4.74 Å². The van der Waals surface area contributed by atoms with E-state index < -0.39 is 17.8 Å². The number of hydrogen-bond acceptors (Lipinski definition) is 5. The molecule has 220 valence electrons. The molecule has 2 aromatic carbocycles. The number of carbonyl (C=O) groups is 3. The van der Waals surface area contributed by atoms with Crippen molar-refractivity contribution in [2.24, 2.45) is 11.8 Å². The molecule has 42 heavy (non-hydrogen) atoms. The summed E-state index contributed by atoms with van der Waals surface area (Å²) in [4.78, 5) is 41.9. The Bertz CT molecular complexity index is 1510. The third-order valence-electron chi connectivity index (χ3n) is 9.70. The molecule has 2 aliphatic heterocycles. The average molecular weight is 636 g/mol. The third kappa shape index (κ3) is 5.12. The highest BCUT2D eigenvalue weighted by Crippen LogP contribution is 2.46. The lowest BCUT2D eigenvalue weighted by atomic mass is 9.64. The number of benzene rings is 2. The lowest BCUT2D eigenvalue weighted by Gasteiger charge is -2.44. The first-order valence-electron chi connectivity index (χ1n) is 14.8. The molecule has 8 heteroatoms. The molecule has 1 amide bonds. The van der Waals surface area contributed by atoms with Crippen LogP contribution in [0.4, 0.5) is 9.18 Å². The van der Waals surface area contributed by atoms with Crippen molar-refractivity contribution in [3.05, 3.63) is 92.5 Å². The normalized spacial score (nSPS) is 26.2. The van der Waals surface area contributed by atoms with Gasteiger partial charge in [-0.05, 0) is 69.8 Å². The molecule has 1 fully saturated rings. The van der Waals surface area contributed by atoms with Crippen LogP contribution in [0.5, 0.6) is 0 Å². The first kappa shape index (κ1) is 28.8. The second-order valence-corrected chi connectivity index (χ2v) is 13.6. The highest BCUT2D eigenvalue weighted by molar-refractivity contribution is 9.10. The summed E-state index contributed by atoms with van der Waals surface area (Å²) in [6.07, 6.45) is 2.94. The zero-order valence-electron chi connectivity index (χ0n) is 24.2. The van der Waals surface area contributed by atoms with Crippen LogP contribution in [-0.2, 0) is 19.7 Å². The molecule has 2 aromatic rings. The fourth-order valence-electron chi connectivity index (χ4n) is 7.39. The van der Waals surface area contributed by atoms with Gasteiger partial charge in [0.2, 0.25) is 0 Å². The van der Waals surface area contributed by atoms with Crippen LogP contribution in [0.3, 0.4) is 0 Å². The summed E-state index contributed by atoms with van der Waals surface area (Å²) in [5.41, 5.74) is 4.12. The highest BCUT2D eigenvalue weighted by atomic mass is 79.9. The number of allylic oxidation sites excluding steroid dienone is 2. The van der Waals surface area contributed by atoms with E-state index in [1.165, 1.54) is 16.5 Å². The largest absolute Gasteiger partial charge is 0.446 e. The summed E-state index contributed by atoms with van der Waals surface area (Å²) in [5, 5.41) is 3.34. The van der Waals surface area contributed by atoms with Gasteiger partial charge in [0, 0.05) is 40.8 Å². The maximum absolute atomic E-state index is 14.1. The van der Waals surface area contributed by atoms with E-state index >= 15 is 0 Å². The van der Waals surface area contributed by atoms with Gasteiger partial charge in [0.25, 0.3) is 0 Å². The lowest BCUT2D eigenvalue weighted by molar-refractivity contribution is -0.117. The van der Waals surface area contributed by atoms with Crippen LogP contribution in [0.2, 0.25) is 0 Å². The Labute approximate surface area is 254 Å². The SMILES string of the molecule is CC1CCC(C(C)(C)c2ccccc2)C(OC(=O)N2CC(=O)C3=C(C2)NC2=C(C(=O)CC2)[C@H]3c2ccc(F)c(Br)c2)C1. The van der Waals surface area contributed by atoms with Crippen LogP contribution in [0.1, 0.15) is 69.9 Å². The minimum atomic E-state index is -0.593. The van der Waals surface area contributed by atoms with Gasteiger partial charge in [0.1, 0.15) is 11.9 Å². The van der Waals surface area contributed by atoms with Crippen LogP contribution in [0.15, 0.2) is 75.5 Å². The second kappa shape index (κ2) is 11.1. The average Bonchev–Trinajstić information content (AvgIpc) is 3.33. The molecular formula is C34H36BrFN2O4. The van der Waals surface area contributed by atoms with Crippen molar-refractivity contribution in [1.82, 2.24) is 10.2 Å². The van der Waals surface area contributed by atoms with Gasteiger partial charge in [-0.2, -0.15) is 0 Å². The molecule has 1 saturated carbocycles. The number of halogens is 2. The number of rotatable bonds is 4. The summed E-state index contributed by atoms with van der Waals surface area (Å²) in [6, 6.07) is 15.0. The molecule has 0 spiro atoms. The van der Waals surface area contributed by atoms with Gasteiger partial charge in [0.15, 0.2) is 11.6 Å². The number of ketones is 2. The summed E-state index contributed by atoms with van der Waals surface area (Å²) in [7, 11) is 0. The number of hydrogen-bond donors (Lipinski definition) is 1. The Balaban J connectivity index is 1.27. The quantitative estimate of drug-likeness (QED) is 0.394. The Morgan fingerprint density at radius 3 is 2.48 bits per heavy atom. The fraction of sp³-hybridized carbons (Fsp3) is 0.441. The van der Waals surface area contributed by atoms with Crippen LogP contribution in [0, 0.1) is 17.7 Å². The summed E-state index contributed by atoms with van der Waals surface area (Å²) in [6.45, 7) is 6.68. The predicted molar refractivity (Wildman–Crippen MR) is 161 cm³/mol. The van der Waals surface area contributed by atoms with Crippen molar-refractivity contribution < 1.29 is 23.5 Å². The van der Waals surface area contributed by atoms with Crippen molar-refractivity contribution in [2.75, 3.05) is 13.1 Å². The number of amides is 1. The predicted octanol–water partition coefficient (Wildman–Crippen LogP) is 6.95. The molecule has 3 unspecified atom stereocenters. The first-order chi connectivity index (χ1) is 20.0. The minimum Gasteiger partial charge on any atom is -0.446 e. The smallest absolute Gasteiger partial charge is 0.410 e. The van der Waals surface area contributed by atoms with E-state index in [0.29, 0.717) is 41.2 Å². The molecule has 4 aliphatic rings. The molecule has 4 atom stereocenters. The van der Waals surface area contributed by atoms with Gasteiger partial charge in [-0.1, -0.05) is 63.6 Å². The summed E-state index contributed by atoms with van der Waals surface area (Å²) < 4.78 is 20.6. The zero-order chi connectivity index (χ0) is 29.8. The van der Waals surface area contributed by atoms with E-state index in [0.717, 1.165) is 25.0 Å². The van der Waals surface area contributed by atoms with Gasteiger partial charge in [-0.15, -0.1) is 0 Å². The second-order valence-electron chi connectivity index (χ2n) is 12.8. The Kier molecular flexibility index (Phi) is 7.62. The monoisotopic (exact) mass is 634 g/mol. The van der Waals surface area contributed by atoms with E-state index in [9.17, 15) is 18.8 Å². The Morgan fingerprint density at radius 1 is 1.00 bits per heavy atom. The molecular weight excluding hydrogens is 599 g/mol. The maximum Gasteiger partial charge on any atom is 0.410 e. The molecule has 0 bridgehead atoms. The number of ether oxygens (including phenoxy) is 1. The Hall–Kier alpha value is -3.26. The molecule has 1 N–H and O–H groups in total. The third-order valence-corrected chi connectivity index (χ3v) is 10.3. The van der Waals surface area contributed by atoms with Crippen LogP contribution >= 0.6 is 15.9 Å². The maximum atomic E-state index is 14.1. The van der Waals surface area contributed by atoms with Crippen LogP contribution in [0.25, 0.3) is 0 Å². The highest BCUT2D eigenvalue weighted by Gasteiger charge is 2.46. The molecule has 2 heterocycles. The van der Waals surface area contributed by atoms with E-state index in [-0.39, 0.29) is 46.6 Å². The van der Waals surface area contributed by atoms with Gasteiger partial charge < -0.3 is 10.1 Å². The molecule has 0 radical (unpaired) electrons. The van der Waals surface area contributed by atoms with Crippen molar-refractivity contribution >= 4 is 33.6 Å². The topological polar surface area (TPSA) is 75.7 Å². The lowest BCUT2D eigenvalue weighted by Crippen LogP contribution is -2.50. The number of carbonyl (C=O) groups excluding carboxylic acids is 3. The van der Waals surface area contributed by atoms with Gasteiger partial charge in [-0.25, -0.2) is 9.18 Å². The van der Waals surface area contributed by atoms with E-state index in [1.54, 1.807) is 12.1 Å². The number of Topliss-reactive ketones (excluding diaryl/α,β-unsaturated/α-hetero) is 2. The summed E-state index contributed by atoms with van der Waals surface area (Å²) >= 11 is 3.25. The summed E-state index contributed by atoms with van der Waals surface area (Å²) in [5.74, 6) is -0.684. The molecule has 0 saturated heterocycles. The van der Waals surface area contributed by atoms with Crippen molar-refractivity contribution in [1.29, 1.82) is 0 Å². The van der Waals surface area contributed by atoms with Gasteiger partial charge >= 0.3 is 6.09 Å². The fourth-order valence-corrected chi connectivity index (χ4v) is 7.79. The van der Waals surface area contributed by atoms with E-state index in [2.05, 4.69) is 54.2 Å². The minimum absolute atomic E-state index is 0.0115.